The number of amides is 1. The van der Waals surface area contributed by atoms with Crippen LogP contribution in [-0.4, -0.2) is 38.4 Å². The summed E-state index contributed by atoms with van der Waals surface area (Å²) < 4.78 is 39.6. The van der Waals surface area contributed by atoms with Gasteiger partial charge in [0.25, 0.3) is 0 Å². The molecule has 1 aliphatic rings. The largest absolute Gasteiger partial charge is 0.411 e. The molecule has 0 saturated heterocycles. The quantitative estimate of drug-likeness (QED) is 0.650. The van der Waals surface area contributed by atoms with Crippen molar-refractivity contribution in [1.29, 1.82) is 0 Å². The normalized spacial score (nSPS) is 17.6. The topological polar surface area (TPSA) is 64.3 Å². The van der Waals surface area contributed by atoms with E-state index in [1.54, 1.807) is 0 Å². The molecule has 1 rings (SSSR count). The van der Waals surface area contributed by atoms with Crippen LogP contribution in [0.15, 0.2) is 0 Å². The number of alkyl halides is 3. The minimum Gasteiger partial charge on any atom is -0.372 e. The molecule has 1 amide bonds. The fourth-order valence-corrected chi connectivity index (χ4v) is 1.73. The van der Waals surface area contributed by atoms with Gasteiger partial charge in [-0.2, -0.15) is 13.2 Å². The molecule has 1 aliphatic carbocycles. The summed E-state index contributed by atoms with van der Waals surface area (Å²) in [5.41, 5.74) is 5.60. The molecule has 3 N–H and O–H groups in total. The Kier molecular flexibility index (Phi) is 5.40. The first-order valence-electron chi connectivity index (χ1n) is 5.98. The number of carbonyl (C=O) groups excluding carboxylic acids is 1. The first-order chi connectivity index (χ1) is 8.37. The molecule has 0 aromatic carbocycles. The molecule has 0 spiro atoms. The van der Waals surface area contributed by atoms with Crippen molar-refractivity contribution in [2.24, 2.45) is 11.1 Å². The van der Waals surface area contributed by atoms with Gasteiger partial charge in [-0.15, -0.1) is 0 Å². The van der Waals surface area contributed by atoms with Gasteiger partial charge in [0.05, 0.1) is 6.61 Å². The summed E-state index contributed by atoms with van der Waals surface area (Å²) in [6, 6.07) is 0. The molecule has 1 fully saturated rings. The zero-order chi connectivity index (χ0) is 13.6. The Labute approximate surface area is 104 Å². The molecule has 7 heteroatoms. The highest BCUT2D eigenvalue weighted by molar-refractivity contribution is 5.76. The van der Waals surface area contributed by atoms with E-state index in [2.05, 4.69) is 10.1 Å². The minimum atomic E-state index is -4.34. The minimum absolute atomic E-state index is 0.0468. The smallest absolute Gasteiger partial charge is 0.372 e. The Balaban J connectivity index is 2.04. The SMILES string of the molecule is NCCC1(CNC(=O)CCOCC(F)(F)F)CC1. The Bertz CT molecular complexity index is 278. The van der Waals surface area contributed by atoms with Crippen molar-refractivity contribution in [3.8, 4) is 0 Å². The number of nitrogens with two attached hydrogens (primary N) is 1. The lowest BCUT2D eigenvalue weighted by molar-refractivity contribution is -0.174. The zero-order valence-electron chi connectivity index (χ0n) is 10.2. The molecule has 0 atom stereocenters. The number of rotatable bonds is 8. The second-order valence-corrected chi connectivity index (χ2v) is 4.73. The molecule has 106 valence electrons. The molecule has 1 saturated carbocycles. The predicted molar refractivity (Wildman–Crippen MR) is 59.8 cm³/mol. The summed E-state index contributed by atoms with van der Waals surface area (Å²) in [6.07, 6.45) is -1.41. The van der Waals surface area contributed by atoms with E-state index in [-0.39, 0.29) is 24.3 Å². The number of carbonyl (C=O) groups is 1. The van der Waals surface area contributed by atoms with E-state index in [1.165, 1.54) is 0 Å². The fourth-order valence-electron chi connectivity index (χ4n) is 1.73. The summed E-state index contributed by atoms with van der Waals surface area (Å²) in [5, 5.41) is 2.71. The molecular formula is C11H19F3N2O2. The highest BCUT2D eigenvalue weighted by atomic mass is 19.4. The molecule has 0 bridgehead atoms. The lowest BCUT2D eigenvalue weighted by Gasteiger charge is -2.14. The van der Waals surface area contributed by atoms with Crippen LogP contribution < -0.4 is 11.1 Å². The van der Waals surface area contributed by atoms with Gasteiger partial charge in [0.1, 0.15) is 6.61 Å². The number of halogens is 3. The number of hydrogen-bond acceptors (Lipinski definition) is 3. The molecule has 0 aromatic rings. The van der Waals surface area contributed by atoms with Crippen LogP contribution >= 0.6 is 0 Å². The third kappa shape index (κ3) is 6.20. The average Bonchev–Trinajstić information content (AvgIpc) is 3.02. The summed E-state index contributed by atoms with van der Waals surface area (Å²) >= 11 is 0. The first kappa shape index (κ1) is 15.2. The van der Waals surface area contributed by atoms with Gasteiger partial charge in [-0.3, -0.25) is 4.79 Å². The van der Waals surface area contributed by atoms with Gasteiger partial charge in [-0.25, -0.2) is 0 Å². The maximum atomic E-state index is 11.7. The van der Waals surface area contributed by atoms with E-state index in [0.29, 0.717) is 13.1 Å². The lowest BCUT2D eigenvalue weighted by atomic mass is 10.0. The van der Waals surface area contributed by atoms with E-state index in [4.69, 9.17) is 5.73 Å². The van der Waals surface area contributed by atoms with Crippen molar-refractivity contribution in [2.45, 2.75) is 31.9 Å². The van der Waals surface area contributed by atoms with Crippen molar-refractivity contribution in [2.75, 3.05) is 26.3 Å². The van der Waals surface area contributed by atoms with E-state index >= 15 is 0 Å². The number of hydrogen-bond donors (Lipinski definition) is 2. The fraction of sp³-hybridized carbons (Fsp3) is 0.909. The van der Waals surface area contributed by atoms with Crippen LogP contribution in [0.2, 0.25) is 0 Å². The van der Waals surface area contributed by atoms with E-state index < -0.39 is 12.8 Å². The predicted octanol–water partition coefficient (Wildman–Crippen LogP) is 1.20. The molecule has 4 nitrogen and oxygen atoms in total. The van der Waals surface area contributed by atoms with Crippen LogP contribution in [-0.2, 0) is 9.53 Å². The van der Waals surface area contributed by atoms with Crippen molar-refractivity contribution >= 4 is 5.91 Å². The summed E-state index contributed by atoms with van der Waals surface area (Å²) in [5.74, 6) is -0.277. The number of nitrogens with one attached hydrogen (secondary N) is 1. The maximum Gasteiger partial charge on any atom is 0.411 e. The van der Waals surface area contributed by atoms with Crippen molar-refractivity contribution in [3.05, 3.63) is 0 Å². The van der Waals surface area contributed by atoms with Gasteiger partial charge in [-0.1, -0.05) is 0 Å². The van der Waals surface area contributed by atoms with Crippen LogP contribution in [0, 0.1) is 5.41 Å². The third-order valence-electron chi connectivity index (χ3n) is 3.03. The van der Waals surface area contributed by atoms with Gasteiger partial charge in [0.2, 0.25) is 5.91 Å². The molecule has 18 heavy (non-hydrogen) atoms. The van der Waals surface area contributed by atoms with Crippen molar-refractivity contribution < 1.29 is 22.7 Å². The average molecular weight is 268 g/mol. The van der Waals surface area contributed by atoms with Gasteiger partial charge in [-0.05, 0) is 31.2 Å². The second-order valence-electron chi connectivity index (χ2n) is 4.73. The van der Waals surface area contributed by atoms with Crippen LogP contribution in [0.5, 0.6) is 0 Å². The van der Waals surface area contributed by atoms with Gasteiger partial charge >= 0.3 is 6.18 Å². The van der Waals surface area contributed by atoms with Gasteiger partial charge in [0, 0.05) is 13.0 Å². The molecular weight excluding hydrogens is 249 g/mol. The monoisotopic (exact) mass is 268 g/mol. The van der Waals surface area contributed by atoms with Gasteiger partial charge < -0.3 is 15.8 Å². The van der Waals surface area contributed by atoms with E-state index in [9.17, 15) is 18.0 Å². The van der Waals surface area contributed by atoms with Crippen molar-refractivity contribution in [3.63, 3.8) is 0 Å². The van der Waals surface area contributed by atoms with E-state index in [0.717, 1.165) is 19.3 Å². The Morgan fingerprint density at radius 2 is 2.06 bits per heavy atom. The highest BCUT2D eigenvalue weighted by Crippen LogP contribution is 2.47. The van der Waals surface area contributed by atoms with Crippen LogP contribution in [0.3, 0.4) is 0 Å². The van der Waals surface area contributed by atoms with Crippen molar-refractivity contribution in [1.82, 2.24) is 5.32 Å². The Morgan fingerprint density at radius 1 is 1.39 bits per heavy atom. The second kappa shape index (κ2) is 6.38. The first-order valence-corrected chi connectivity index (χ1v) is 5.98. The molecule has 0 heterocycles. The summed E-state index contributed by atoms with van der Waals surface area (Å²) in [4.78, 5) is 11.3. The van der Waals surface area contributed by atoms with Crippen LogP contribution in [0.25, 0.3) is 0 Å². The number of ether oxygens (including phenoxy) is 1. The zero-order valence-corrected chi connectivity index (χ0v) is 10.2. The summed E-state index contributed by atoms with van der Waals surface area (Å²) in [7, 11) is 0. The van der Waals surface area contributed by atoms with Crippen LogP contribution in [0.4, 0.5) is 13.2 Å². The highest BCUT2D eigenvalue weighted by Gasteiger charge is 2.41. The van der Waals surface area contributed by atoms with Crippen LogP contribution in [0.1, 0.15) is 25.7 Å². The standard InChI is InChI=1S/C11H19F3N2O2/c12-11(13,14)8-18-6-1-9(17)16-7-10(2-3-10)4-5-15/h1-8,15H2,(H,16,17). The third-order valence-corrected chi connectivity index (χ3v) is 3.03. The van der Waals surface area contributed by atoms with Gasteiger partial charge in [0.15, 0.2) is 0 Å². The lowest BCUT2D eigenvalue weighted by Crippen LogP contribution is -2.32. The molecule has 0 aliphatic heterocycles. The summed E-state index contributed by atoms with van der Waals surface area (Å²) in [6.45, 7) is -0.376. The molecule has 0 unspecified atom stereocenters. The Morgan fingerprint density at radius 3 is 2.56 bits per heavy atom. The maximum absolute atomic E-state index is 11.7. The van der Waals surface area contributed by atoms with E-state index in [1.807, 2.05) is 0 Å². The Hall–Kier alpha value is -0.820. The molecule has 0 aromatic heterocycles. The molecule has 0 radical (unpaired) electrons.